The molecule has 3 rings (SSSR count). The van der Waals surface area contributed by atoms with Gasteiger partial charge in [-0.05, 0) is 24.3 Å². The van der Waals surface area contributed by atoms with Gasteiger partial charge in [0.2, 0.25) is 0 Å². The predicted octanol–water partition coefficient (Wildman–Crippen LogP) is 4.46. The molecule has 0 spiro atoms. The lowest BCUT2D eigenvalue weighted by Crippen LogP contribution is -1.98. The fourth-order valence-electron chi connectivity index (χ4n) is 2.01. The van der Waals surface area contributed by atoms with E-state index in [9.17, 15) is 0 Å². The minimum Gasteiger partial charge on any atom is -0.487 e. The lowest BCUT2D eigenvalue weighted by atomic mass is 10.2. The molecule has 0 aliphatic rings. The Morgan fingerprint density at radius 2 is 2.10 bits per heavy atom. The number of ether oxygens (including phenoxy) is 1. The van der Waals surface area contributed by atoms with Gasteiger partial charge in [-0.3, -0.25) is 0 Å². The summed E-state index contributed by atoms with van der Waals surface area (Å²) in [4.78, 5) is 4.50. The van der Waals surface area contributed by atoms with Gasteiger partial charge in [-0.2, -0.15) is 0 Å². The monoisotopic (exact) mass is 350 g/mol. The standard InChI is InChI=1S/C15H12BrClN2O/c16-8-12-13(17)4-3-5-14(12)20-10-11-9-19-7-2-1-6-15(19)18-11/h1-7,9H,8,10H2. The third-order valence-electron chi connectivity index (χ3n) is 3.00. The smallest absolute Gasteiger partial charge is 0.137 e. The number of rotatable bonds is 4. The predicted molar refractivity (Wildman–Crippen MR) is 83.6 cm³/mol. The molecular formula is C15H12BrClN2O. The van der Waals surface area contributed by atoms with Crippen molar-refractivity contribution in [3.63, 3.8) is 0 Å². The van der Waals surface area contributed by atoms with Crippen molar-refractivity contribution in [2.75, 3.05) is 0 Å². The Labute approximate surface area is 130 Å². The first-order valence-corrected chi connectivity index (χ1v) is 7.66. The summed E-state index contributed by atoms with van der Waals surface area (Å²) in [6.07, 6.45) is 3.93. The first-order valence-electron chi connectivity index (χ1n) is 6.16. The van der Waals surface area contributed by atoms with E-state index in [1.165, 1.54) is 0 Å². The first kappa shape index (κ1) is 13.5. The highest BCUT2D eigenvalue weighted by Crippen LogP contribution is 2.29. The van der Waals surface area contributed by atoms with Crippen LogP contribution in [0.25, 0.3) is 5.65 Å². The third-order valence-corrected chi connectivity index (χ3v) is 3.91. The SMILES string of the molecule is Clc1cccc(OCc2cn3ccccc3n2)c1CBr. The van der Waals surface area contributed by atoms with Gasteiger partial charge in [-0.1, -0.05) is 39.7 Å². The first-order chi connectivity index (χ1) is 9.78. The average molecular weight is 352 g/mol. The highest BCUT2D eigenvalue weighted by molar-refractivity contribution is 9.08. The van der Waals surface area contributed by atoms with Gasteiger partial charge in [0.05, 0.1) is 5.69 Å². The van der Waals surface area contributed by atoms with Crippen LogP contribution in [0.5, 0.6) is 5.75 Å². The van der Waals surface area contributed by atoms with Crippen molar-refractivity contribution >= 4 is 33.2 Å². The van der Waals surface area contributed by atoms with Crippen molar-refractivity contribution in [2.24, 2.45) is 0 Å². The topological polar surface area (TPSA) is 26.5 Å². The van der Waals surface area contributed by atoms with Crippen LogP contribution in [0.1, 0.15) is 11.3 Å². The van der Waals surface area contributed by atoms with Crippen LogP contribution in [-0.4, -0.2) is 9.38 Å². The maximum absolute atomic E-state index is 6.15. The van der Waals surface area contributed by atoms with Gasteiger partial charge in [0.15, 0.2) is 0 Å². The molecule has 102 valence electrons. The van der Waals surface area contributed by atoms with E-state index in [1.807, 2.05) is 53.2 Å². The van der Waals surface area contributed by atoms with Crippen LogP contribution < -0.4 is 4.74 Å². The molecule has 0 amide bonds. The zero-order valence-electron chi connectivity index (χ0n) is 10.6. The van der Waals surface area contributed by atoms with Gasteiger partial charge in [0, 0.05) is 28.3 Å². The molecule has 5 heteroatoms. The molecule has 3 nitrogen and oxygen atoms in total. The number of fused-ring (bicyclic) bond motifs is 1. The molecule has 0 bridgehead atoms. The summed E-state index contributed by atoms with van der Waals surface area (Å²) in [5.41, 5.74) is 2.76. The Morgan fingerprint density at radius 1 is 1.20 bits per heavy atom. The van der Waals surface area contributed by atoms with E-state index >= 15 is 0 Å². The number of imidazole rings is 1. The van der Waals surface area contributed by atoms with Crippen molar-refractivity contribution in [3.05, 3.63) is 65.1 Å². The number of alkyl halides is 1. The number of benzene rings is 1. The lowest BCUT2D eigenvalue weighted by molar-refractivity contribution is 0.300. The maximum atomic E-state index is 6.15. The Kier molecular flexibility index (Phi) is 3.94. The number of hydrogen-bond acceptors (Lipinski definition) is 2. The Bertz CT molecular complexity index is 709. The molecule has 2 heterocycles. The second kappa shape index (κ2) is 5.85. The summed E-state index contributed by atoms with van der Waals surface area (Å²) < 4.78 is 7.81. The van der Waals surface area contributed by atoms with Gasteiger partial charge in [-0.25, -0.2) is 4.98 Å². The van der Waals surface area contributed by atoms with Crippen LogP contribution in [0, 0.1) is 0 Å². The van der Waals surface area contributed by atoms with E-state index in [2.05, 4.69) is 20.9 Å². The zero-order valence-corrected chi connectivity index (χ0v) is 12.9. The van der Waals surface area contributed by atoms with Gasteiger partial charge < -0.3 is 9.14 Å². The number of aromatic nitrogens is 2. The van der Waals surface area contributed by atoms with Crippen LogP contribution in [0.3, 0.4) is 0 Å². The van der Waals surface area contributed by atoms with E-state index in [-0.39, 0.29) is 0 Å². The summed E-state index contributed by atoms with van der Waals surface area (Å²) in [5.74, 6) is 0.784. The van der Waals surface area contributed by atoms with Crippen molar-refractivity contribution in [1.29, 1.82) is 0 Å². The highest BCUT2D eigenvalue weighted by atomic mass is 79.9. The fraction of sp³-hybridized carbons (Fsp3) is 0.133. The zero-order chi connectivity index (χ0) is 13.9. The van der Waals surface area contributed by atoms with E-state index in [1.54, 1.807) is 0 Å². The van der Waals surface area contributed by atoms with Crippen molar-refractivity contribution in [2.45, 2.75) is 11.9 Å². The third kappa shape index (κ3) is 2.67. The quantitative estimate of drug-likeness (QED) is 0.649. The molecule has 0 saturated carbocycles. The molecule has 0 radical (unpaired) electrons. The summed E-state index contributed by atoms with van der Waals surface area (Å²) >= 11 is 9.58. The van der Waals surface area contributed by atoms with Crippen LogP contribution in [0.2, 0.25) is 5.02 Å². The van der Waals surface area contributed by atoms with Crippen molar-refractivity contribution < 1.29 is 4.74 Å². The van der Waals surface area contributed by atoms with Gasteiger partial charge in [-0.15, -0.1) is 0 Å². The number of pyridine rings is 1. The minimum atomic E-state index is 0.419. The van der Waals surface area contributed by atoms with Crippen LogP contribution in [0.15, 0.2) is 48.8 Å². The van der Waals surface area contributed by atoms with Gasteiger partial charge >= 0.3 is 0 Å². The lowest BCUT2D eigenvalue weighted by Gasteiger charge is -2.09. The van der Waals surface area contributed by atoms with E-state index < -0.39 is 0 Å². The largest absolute Gasteiger partial charge is 0.487 e. The summed E-state index contributed by atoms with van der Waals surface area (Å²) in [6.45, 7) is 0.419. The highest BCUT2D eigenvalue weighted by Gasteiger charge is 2.08. The molecular weight excluding hydrogens is 340 g/mol. The summed E-state index contributed by atoms with van der Waals surface area (Å²) in [5, 5.41) is 1.36. The Balaban J connectivity index is 1.81. The molecule has 0 N–H and O–H groups in total. The molecule has 0 unspecified atom stereocenters. The molecule has 20 heavy (non-hydrogen) atoms. The molecule has 0 atom stereocenters. The average Bonchev–Trinajstić information content (AvgIpc) is 2.88. The van der Waals surface area contributed by atoms with Crippen LogP contribution >= 0.6 is 27.5 Å². The normalized spacial score (nSPS) is 10.9. The molecule has 3 aromatic rings. The molecule has 0 fully saturated rings. The minimum absolute atomic E-state index is 0.419. The van der Waals surface area contributed by atoms with Crippen molar-refractivity contribution in [1.82, 2.24) is 9.38 Å². The van der Waals surface area contributed by atoms with E-state index in [4.69, 9.17) is 16.3 Å². The maximum Gasteiger partial charge on any atom is 0.137 e. The van der Waals surface area contributed by atoms with Crippen molar-refractivity contribution in [3.8, 4) is 5.75 Å². The molecule has 0 aliphatic carbocycles. The summed E-state index contributed by atoms with van der Waals surface area (Å²) in [6, 6.07) is 11.6. The molecule has 1 aromatic carbocycles. The Morgan fingerprint density at radius 3 is 2.90 bits per heavy atom. The van der Waals surface area contributed by atoms with Crippen LogP contribution in [0.4, 0.5) is 0 Å². The van der Waals surface area contributed by atoms with E-state index in [0.717, 1.165) is 22.7 Å². The number of nitrogens with zero attached hydrogens (tertiary/aromatic N) is 2. The fourth-order valence-corrected chi connectivity index (χ4v) is 2.98. The van der Waals surface area contributed by atoms with E-state index in [0.29, 0.717) is 17.0 Å². The number of halogens is 2. The number of hydrogen-bond donors (Lipinski definition) is 0. The van der Waals surface area contributed by atoms with Crippen LogP contribution in [-0.2, 0) is 11.9 Å². The summed E-state index contributed by atoms with van der Waals surface area (Å²) in [7, 11) is 0. The Hall–Kier alpha value is -1.52. The van der Waals surface area contributed by atoms with Gasteiger partial charge in [0.25, 0.3) is 0 Å². The molecule has 0 saturated heterocycles. The second-order valence-electron chi connectivity index (χ2n) is 4.34. The second-order valence-corrected chi connectivity index (χ2v) is 5.31. The van der Waals surface area contributed by atoms with Gasteiger partial charge in [0.1, 0.15) is 18.0 Å². The molecule has 0 aliphatic heterocycles. The molecule has 2 aromatic heterocycles.